The highest BCUT2D eigenvalue weighted by molar-refractivity contribution is 5.76. The Morgan fingerprint density at radius 3 is 2.19 bits per heavy atom. The van der Waals surface area contributed by atoms with E-state index < -0.39 is 29.0 Å². The SMILES string of the molecule is C[C@@]1(CO)CC[C@]2(C(=O)O)CC[C@]3(C)C(=CC[C@@H]4[C@@]5(C)C[C@@H](O)[C@@H](O)[C@@](C)(CO)[C@H]5CC[C@]43C)[C@@H]2C1. The summed E-state index contributed by atoms with van der Waals surface area (Å²) in [6, 6.07) is 0. The minimum absolute atomic E-state index is 0.0653. The van der Waals surface area contributed by atoms with Gasteiger partial charge in [0, 0.05) is 12.0 Å². The zero-order chi connectivity index (χ0) is 26.5. The van der Waals surface area contributed by atoms with Gasteiger partial charge in [0.15, 0.2) is 0 Å². The van der Waals surface area contributed by atoms with E-state index in [1.54, 1.807) is 0 Å². The van der Waals surface area contributed by atoms with Gasteiger partial charge in [-0.25, -0.2) is 0 Å². The molecule has 5 rings (SSSR count). The van der Waals surface area contributed by atoms with Crippen LogP contribution in [0.2, 0.25) is 0 Å². The molecule has 0 amide bonds. The molecule has 0 aliphatic heterocycles. The van der Waals surface area contributed by atoms with E-state index in [4.69, 9.17) is 0 Å². The molecular weight excluding hydrogens is 456 g/mol. The van der Waals surface area contributed by atoms with Crippen LogP contribution in [0.4, 0.5) is 0 Å². The van der Waals surface area contributed by atoms with Crippen molar-refractivity contribution in [3.05, 3.63) is 11.6 Å². The van der Waals surface area contributed by atoms with E-state index in [2.05, 4.69) is 33.8 Å². The smallest absolute Gasteiger partial charge is 0.310 e. The zero-order valence-corrected chi connectivity index (χ0v) is 22.9. The Hall–Kier alpha value is -0.950. The summed E-state index contributed by atoms with van der Waals surface area (Å²) in [6.45, 7) is 11.0. The number of hydrogen-bond donors (Lipinski definition) is 5. The van der Waals surface area contributed by atoms with Crippen LogP contribution in [0.3, 0.4) is 0 Å². The first kappa shape index (κ1) is 26.6. The number of fused-ring (bicyclic) bond motifs is 7. The Morgan fingerprint density at radius 2 is 1.58 bits per heavy atom. The third kappa shape index (κ3) is 3.08. The molecule has 0 spiro atoms. The van der Waals surface area contributed by atoms with Crippen LogP contribution in [0.1, 0.15) is 92.4 Å². The van der Waals surface area contributed by atoms with Crippen molar-refractivity contribution in [2.24, 2.45) is 50.2 Å². The van der Waals surface area contributed by atoms with Gasteiger partial charge in [0.1, 0.15) is 0 Å². The molecule has 0 unspecified atom stereocenters. The third-order valence-electron chi connectivity index (χ3n) is 13.4. The summed E-state index contributed by atoms with van der Waals surface area (Å²) >= 11 is 0. The molecule has 5 N–H and O–H groups in total. The molecule has 6 nitrogen and oxygen atoms in total. The van der Waals surface area contributed by atoms with Gasteiger partial charge in [-0.2, -0.15) is 0 Å². The third-order valence-corrected chi connectivity index (χ3v) is 13.4. The monoisotopic (exact) mass is 504 g/mol. The first-order valence-corrected chi connectivity index (χ1v) is 14.2. The Labute approximate surface area is 216 Å². The van der Waals surface area contributed by atoms with Gasteiger partial charge >= 0.3 is 5.97 Å². The molecule has 5 aliphatic carbocycles. The Bertz CT molecular complexity index is 963. The highest BCUT2D eigenvalue weighted by Crippen LogP contribution is 2.75. The van der Waals surface area contributed by atoms with Crippen molar-refractivity contribution in [1.82, 2.24) is 0 Å². The number of aliphatic hydroxyl groups is 4. The fourth-order valence-electron chi connectivity index (χ4n) is 10.8. The van der Waals surface area contributed by atoms with Crippen LogP contribution in [0.5, 0.6) is 0 Å². The molecule has 0 bridgehead atoms. The first-order chi connectivity index (χ1) is 16.7. The lowest BCUT2D eigenvalue weighted by Crippen LogP contribution is -2.68. The number of hydrogen-bond acceptors (Lipinski definition) is 5. The van der Waals surface area contributed by atoms with Crippen LogP contribution in [-0.4, -0.2) is 56.9 Å². The van der Waals surface area contributed by atoms with Crippen LogP contribution in [0, 0.1) is 50.2 Å². The molecule has 204 valence electrons. The van der Waals surface area contributed by atoms with E-state index >= 15 is 0 Å². The summed E-state index contributed by atoms with van der Waals surface area (Å²) in [5, 5.41) is 53.1. The van der Waals surface area contributed by atoms with Gasteiger partial charge in [0.25, 0.3) is 0 Å². The maximum absolute atomic E-state index is 12.8. The quantitative estimate of drug-likeness (QED) is 0.369. The van der Waals surface area contributed by atoms with Crippen molar-refractivity contribution < 1.29 is 30.3 Å². The molecule has 0 aromatic carbocycles. The number of aliphatic carboxylic acids is 1. The van der Waals surface area contributed by atoms with Crippen molar-refractivity contribution in [2.75, 3.05) is 13.2 Å². The maximum Gasteiger partial charge on any atom is 0.310 e. The number of rotatable bonds is 3. The lowest BCUT2D eigenvalue weighted by Gasteiger charge is -2.71. The van der Waals surface area contributed by atoms with E-state index in [0.29, 0.717) is 25.7 Å². The predicted molar refractivity (Wildman–Crippen MR) is 137 cm³/mol. The number of allylic oxidation sites excluding steroid dienone is 2. The number of carboxylic acid groups (broad SMARTS) is 1. The summed E-state index contributed by atoms with van der Waals surface area (Å²) in [5.41, 5.74) is -0.896. The van der Waals surface area contributed by atoms with E-state index in [1.165, 1.54) is 5.57 Å². The normalized spacial score (nSPS) is 56.5. The van der Waals surface area contributed by atoms with Gasteiger partial charge in [0.2, 0.25) is 0 Å². The lowest BCUT2D eigenvalue weighted by molar-refractivity contribution is -0.243. The lowest BCUT2D eigenvalue weighted by atomic mass is 9.33. The van der Waals surface area contributed by atoms with Crippen LogP contribution in [0.15, 0.2) is 11.6 Å². The highest BCUT2D eigenvalue weighted by Gasteiger charge is 2.70. The van der Waals surface area contributed by atoms with Gasteiger partial charge in [0.05, 0.1) is 24.2 Å². The van der Waals surface area contributed by atoms with E-state index in [9.17, 15) is 30.3 Å². The molecule has 0 radical (unpaired) electrons. The summed E-state index contributed by atoms with van der Waals surface area (Å²) in [7, 11) is 0. The molecule has 6 heteroatoms. The molecular formula is C30H48O6. The summed E-state index contributed by atoms with van der Waals surface area (Å²) in [6.07, 6.45) is 7.37. The summed E-state index contributed by atoms with van der Waals surface area (Å²) in [4.78, 5) is 12.8. The van der Waals surface area contributed by atoms with Crippen molar-refractivity contribution in [3.8, 4) is 0 Å². The Morgan fingerprint density at radius 1 is 0.917 bits per heavy atom. The van der Waals surface area contributed by atoms with Gasteiger partial charge in [-0.05, 0) is 97.2 Å². The Balaban J connectivity index is 1.61. The van der Waals surface area contributed by atoms with Gasteiger partial charge in [-0.15, -0.1) is 0 Å². The molecule has 4 fully saturated rings. The fraction of sp³-hybridized carbons (Fsp3) is 0.900. The van der Waals surface area contributed by atoms with E-state index in [-0.39, 0.29) is 52.6 Å². The number of carboxylic acids is 1. The Kier molecular flexibility index (Phi) is 5.95. The fourth-order valence-corrected chi connectivity index (χ4v) is 10.8. The van der Waals surface area contributed by atoms with E-state index in [1.807, 2.05) is 6.92 Å². The van der Waals surface area contributed by atoms with Crippen molar-refractivity contribution in [2.45, 2.75) is 105 Å². The van der Waals surface area contributed by atoms with Crippen molar-refractivity contribution >= 4 is 5.97 Å². The molecule has 0 heterocycles. The van der Waals surface area contributed by atoms with Crippen LogP contribution in [0.25, 0.3) is 0 Å². The predicted octanol–water partition coefficient (Wildman–Crippen LogP) is 4.15. The molecule has 5 aliphatic rings. The maximum atomic E-state index is 12.8. The van der Waals surface area contributed by atoms with Crippen LogP contribution < -0.4 is 0 Å². The molecule has 0 aromatic heterocycles. The molecule has 0 aromatic rings. The van der Waals surface area contributed by atoms with Crippen LogP contribution in [-0.2, 0) is 4.79 Å². The van der Waals surface area contributed by atoms with Gasteiger partial charge < -0.3 is 25.5 Å². The first-order valence-electron chi connectivity index (χ1n) is 14.2. The molecule has 36 heavy (non-hydrogen) atoms. The zero-order valence-electron chi connectivity index (χ0n) is 22.9. The second-order valence-corrected chi connectivity index (χ2v) is 14.9. The second kappa shape index (κ2) is 8.03. The van der Waals surface area contributed by atoms with Gasteiger partial charge in [-0.1, -0.05) is 46.3 Å². The summed E-state index contributed by atoms with van der Waals surface area (Å²) in [5.74, 6) is -0.360. The average Bonchev–Trinajstić information content (AvgIpc) is 2.83. The molecule has 11 atom stereocenters. The minimum Gasteiger partial charge on any atom is -0.481 e. The topological polar surface area (TPSA) is 118 Å². The van der Waals surface area contributed by atoms with Crippen molar-refractivity contribution in [3.63, 3.8) is 0 Å². The van der Waals surface area contributed by atoms with Crippen LogP contribution >= 0.6 is 0 Å². The number of aliphatic hydroxyl groups excluding tert-OH is 4. The van der Waals surface area contributed by atoms with Crippen molar-refractivity contribution in [1.29, 1.82) is 0 Å². The summed E-state index contributed by atoms with van der Waals surface area (Å²) < 4.78 is 0. The second-order valence-electron chi connectivity index (χ2n) is 14.9. The molecule has 0 saturated heterocycles. The largest absolute Gasteiger partial charge is 0.481 e. The average molecular weight is 505 g/mol. The molecule has 4 saturated carbocycles. The van der Waals surface area contributed by atoms with Gasteiger partial charge in [-0.3, -0.25) is 4.79 Å². The highest BCUT2D eigenvalue weighted by atomic mass is 16.4. The number of carbonyl (C=O) groups is 1. The van der Waals surface area contributed by atoms with E-state index in [0.717, 1.165) is 32.1 Å². The standard InChI is InChI=1S/C30H48O6/c1-25(16-31)10-12-30(24(35)36)13-11-28(4)18(19(30)14-25)6-7-22-26(2)15-20(33)23(34)27(3,17-32)21(26)8-9-29(22,28)5/h6,19-23,31-34H,7-17H2,1-5H3,(H,35,36)/t19-,20+,21-,22+,23+,25+,26-,27-,28+,29+,30-/m0/s1. The minimum atomic E-state index is -0.931.